The van der Waals surface area contributed by atoms with Crippen LogP contribution in [0.5, 0.6) is 5.75 Å². The molecule has 1 aromatic carbocycles. The number of rotatable bonds is 5. The summed E-state index contributed by atoms with van der Waals surface area (Å²) in [6, 6.07) is 6.13. The van der Waals surface area contributed by atoms with E-state index in [-0.39, 0.29) is 6.04 Å². The average molecular weight is 219 g/mol. The Hall–Kier alpha value is -1.02. The van der Waals surface area contributed by atoms with E-state index in [0.29, 0.717) is 5.75 Å². The Balaban J connectivity index is 1.88. The first kappa shape index (κ1) is 11.5. The molecule has 2 rings (SSSR count). The second-order valence-electron chi connectivity index (χ2n) is 4.97. The van der Waals surface area contributed by atoms with E-state index in [1.807, 2.05) is 25.1 Å². The summed E-state index contributed by atoms with van der Waals surface area (Å²) in [6.07, 6.45) is 4.09. The van der Waals surface area contributed by atoms with Crippen LogP contribution in [0.1, 0.15) is 43.4 Å². The number of phenols is 1. The fraction of sp³-hybridized carbons (Fsp3) is 0.571. The Morgan fingerprint density at radius 3 is 2.81 bits per heavy atom. The first-order chi connectivity index (χ1) is 7.66. The van der Waals surface area contributed by atoms with Crippen LogP contribution < -0.4 is 5.32 Å². The summed E-state index contributed by atoms with van der Waals surface area (Å²) in [5.41, 5.74) is 2.10. The fourth-order valence-corrected chi connectivity index (χ4v) is 2.04. The smallest absolute Gasteiger partial charge is 0.120 e. The standard InChI is InChI=1S/C14H21NO/c1-10-3-6-13(14(16)9-10)11(2)15-8-7-12-4-5-12/h3,6,9,11-12,15-16H,4-5,7-8H2,1-2H3. The van der Waals surface area contributed by atoms with E-state index < -0.39 is 0 Å². The molecule has 0 heterocycles. The molecule has 1 aromatic rings. The molecule has 0 bridgehead atoms. The largest absolute Gasteiger partial charge is 0.508 e. The monoisotopic (exact) mass is 219 g/mol. The summed E-state index contributed by atoms with van der Waals surface area (Å²) in [5, 5.41) is 13.3. The van der Waals surface area contributed by atoms with Crippen molar-refractivity contribution in [2.45, 2.75) is 39.2 Å². The van der Waals surface area contributed by atoms with Crippen LogP contribution in [0.15, 0.2) is 18.2 Å². The van der Waals surface area contributed by atoms with Gasteiger partial charge in [0.1, 0.15) is 5.75 Å². The zero-order chi connectivity index (χ0) is 11.5. The lowest BCUT2D eigenvalue weighted by Gasteiger charge is -2.15. The molecule has 1 saturated carbocycles. The molecule has 2 heteroatoms. The van der Waals surface area contributed by atoms with Gasteiger partial charge in [-0.25, -0.2) is 0 Å². The van der Waals surface area contributed by atoms with Gasteiger partial charge in [0, 0.05) is 11.6 Å². The molecule has 2 N–H and O–H groups in total. The zero-order valence-corrected chi connectivity index (χ0v) is 10.2. The van der Waals surface area contributed by atoms with Crippen LogP contribution in [0, 0.1) is 12.8 Å². The third kappa shape index (κ3) is 2.99. The molecule has 0 aliphatic heterocycles. The number of hydrogen-bond acceptors (Lipinski definition) is 2. The van der Waals surface area contributed by atoms with E-state index in [9.17, 15) is 5.11 Å². The van der Waals surface area contributed by atoms with E-state index in [1.54, 1.807) is 0 Å². The van der Waals surface area contributed by atoms with Crippen LogP contribution in [-0.4, -0.2) is 11.7 Å². The lowest BCUT2D eigenvalue weighted by atomic mass is 10.0. The third-order valence-corrected chi connectivity index (χ3v) is 3.35. The van der Waals surface area contributed by atoms with Gasteiger partial charge in [0.05, 0.1) is 0 Å². The van der Waals surface area contributed by atoms with Gasteiger partial charge in [-0.2, -0.15) is 0 Å². The predicted octanol–water partition coefficient (Wildman–Crippen LogP) is 3.15. The van der Waals surface area contributed by atoms with Crippen LogP contribution in [-0.2, 0) is 0 Å². The number of aryl methyl sites for hydroxylation is 1. The van der Waals surface area contributed by atoms with Gasteiger partial charge < -0.3 is 10.4 Å². The maximum Gasteiger partial charge on any atom is 0.120 e. The average Bonchev–Trinajstić information content (AvgIpc) is 3.01. The van der Waals surface area contributed by atoms with Crippen molar-refractivity contribution in [3.05, 3.63) is 29.3 Å². The molecule has 1 aliphatic carbocycles. The molecule has 1 unspecified atom stereocenters. The highest BCUT2D eigenvalue weighted by atomic mass is 16.3. The third-order valence-electron chi connectivity index (χ3n) is 3.35. The molecular formula is C14H21NO. The van der Waals surface area contributed by atoms with Crippen molar-refractivity contribution in [1.29, 1.82) is 0 Å². The molecule has 0 amide bonds. The first-order valence-corrected chi connectivity index (χ1v) is 6.19. The number of nitrogens with one attached hydrogen (secondary N) is 1. The first-order valence-electron chi connectivity index (χ1n) is 6.19. The van der Waals surface area contributed by atoms with Crippen molar-refractivity contribution in [3.8, 4) is 5.75 Å². The van der Waals surface area contributed by atoms with Gasteiger partial charge in [0.25, 0.3) is 0 Å². The molecule has 0 saturated heterocycles. The second kappa shape index (κ2) is 4.88. The highest BCUT2D eigenvalue weighted by molar-refractivity contribution is 5.37. The minimum Gasteiger partial charge on any atom is -0.508 e. The van der Waals surface area contributed by atoms with Crippen molar-refractivity contribution in [3.63, 3.8) is 0 Å². The van der Waals surface area contributed by atoms with E-state index in [4.69, 9.17) is 0 Å². The molecule has 88 valence electrons. The summed E-state index contributed by atoms with van der Waals surface area (Å²) in [4.78, 5) is 0. The number of benzene rings is 1. The van der Waals surface area contributed by atoms with Gasteiger partial charge in [-0.3, -0.25) is 0 Å². The van der Waals surface area contributed by atoms with Crippen LogP contribution in [0.25, 0.3) is 0 Å². The number of phenolic OH excluding ortho intramolecular Hbond substituents is 1. The summed E-state index contributed by atoms with van der Waals surface area (Å²) in [6.45, 7) is 5.16. The van der Waals surface area contributed by atoms with E-state index in [2.05, 4.69) is 12.2 Å². The Morgan fingerprint density at radius 1 is 1.44 bits per heavy atom. The minimum atomic E-state index is 0.236. The normalized spacial score (nSPS) is 17.4. The lowest BCUT2D eigenvalue weighted by Crippen LogP contribution is -2.20. The summed E-state index contributed by atoms with van der Waals surface area (Å²) >= 11 is 0. The molecule has 2 nitrogen and oxygen atoms in total. The Kier molecular flexibility index (Phi) is 3.49. The molecule has 0 spiro atoms. The van der Waals surface area contributed by atoms with Crippen molar-refractivity contribution in [2.75, 3.05) is 6.54 Å². The molecule has 1 aliphatic rings. The van der Waals surface area contributed by atoms with Crippen LogP contribution >= 0.6 is 0 Å². The molecule has 1 fully saturated rings. The van der Waals surface area contributed by atoms with Crippen molar-refractivity contribution < 1.29 is 5.11 Å². The van der Waals surface area contributed by atoms with Crippen molar-refractivity contribution in [1.82, 2.24) is 5.32 Å². The van der Waals surface area contributed by atoms with E-state index >= 15 is 0 Å². The molecule has 1 atom stereocenters. The van der Waals surface area contributed by atoms with Crippen molar-refractivity contribution >= 4 is 0 Å². The Labute approximate surface area is 97.7 Å². The predicted molar refractivity (Wildman–Crippen MR) is 66.6 cm³/mol. The van der Waals surface area contributed by atoms with Gasteiger partial charge in [-0.15, -0.1) is 0 Å². The maximum absolute atomic E-state index is 9.84. The zero-order valence-electron chi connectivity index (χ0n) is 10.2. The Morgan fingerprint density at radius 2 is 2.19 bits per heavy atom. The summed E-state index contributed by atoms with van der Waals surface area (Å²) in [7, 11) is 0. The quantitative estimate of drug-likeness (QED) is 0.797. The fourth-order valence-electron chi connectivity index (χ4n) is 2.04. The molecule has 0 aromatic heterocycles. The van der Waals surface area contributed by atoms with Gasteiger partial charge in [-0.05, 0) is 44.4 Å². The highest BCUT2D eigenvalue weighted by Crippen LogP contribution is 2.32. The topological polar surface area (TPSA) is 32.3 Å². The van der Waals surface area contributed by atoms with Crippen LogP contribution in [0.2, 0.25) is 0 Å². The second-order valence-corrected chi connectivity index (χ2v) is 4.97. The lowest BCUT2D eigenvalue weighted by molar-refractivity contribution is 0.450. The summed E-state index contributed by atoms with van der Waals surface area (Å²) in [5.74, 6) is 1.37. The van der Waals surface area contributed by atoms with E-state index in [1.165, 1.54) is 19.3 Å². The van der Waals surface area contributed by atoms with Crippen molar-refractivity contribution in [2.24, 2.45) is 5.92 Å². The van der Waals surface area contributed by atoms with Crippen LogP contribution in [0.3, 0.4) is 0 Å². The molecule has 0 radical (unpaired) electrons. The maximum atomic E-state index is 9.84. The van der Waals surface area contributed by atoms with Gasteiger partial charge in [0.2, 0.25) is 0 Å². The van der Waals surface area contributed by atoms with Gasteiger partial charge in [-0.1, -0.05) is 25.0 Å². The summed E-state index contributed by atoms with van der Waals surface area (Å²) < 4.78 is 0. The van der Waals surface area contributed by atoms with Crippen LogP contribution in [0.4, 0.5) is 0 Å². The van der Waals surface area contributed by atoms with Gasteiger partial charge >= 0.3 is 0 Å². The minimum absolute atomic E-state index is 0.236. The molecule has 16 heavy (non-hydrogen) atoms. The number of hydrogen-bond donors (Lipinski definition) is 2. The highest BCUT2D eigenvalue weighted by Gasteiger charge is 2.20. The van der Waals surface area contributed by atoms with E-state index in [0.717, 1.165) is 23.6 Å². The number of aromatic hydroxyl groups is 1. The molecular weight excluding hydrogens is 198 g/mol. The Bertz CT molecular complexity index is 358. The van der Waals surface area contributed by atoms with Gasteiger partial charge in [0.15, 0.2) is 0 Å². The SMILES string of the molecule is Cc1ccc(C(C)NCCC2CC2)c(O)c1.